The van der Waals surface area contributed by atoms with Crippen molar-refractivity contribution in [1.29, 1.82) is 0 Å². The van der Waals surface area contributed by atoms with E-state index in [1.165, 1.54) is 0 Å². The first-order chi connectivity index (χ1) is 14.0. The van der Waals surface area contributed by atoms with Crippen LogP contribution in [-0.4, -0.2) is 28.8 Å². The van der Waals surface area contributed by atoms with Crippen LogP contribution in [0.1, 0.15) is 50.2 Å². The first kappa shape index (κ1) is 21.4. The fourth-order valence-corrected chi connectivity index (χ4v) is 3.93. The molecule has 0 aromatic heterocycles. The number of hydrogen-bond acceptors (Lipinski definition) is 2. The van der Waals surface area contributed by atoms with Crippen molar-refractivity contribution in [1.82, 2.24) is 10.2 Å². The molecule has 0 radical (unpaired) electrons. The number of carbonyl (C=O) groups is 2. The maximum atomic E-state index is 13.1. The Morgan fingerprint density at radius 2 is 1.69 bits per heavy atom. The van der Waals surface area contributed by atoms with Gasteiger partial charge in [-0.1, -0.05) is 66.9 Å². The van der Waals surface area contributed by atoms with E-state index in [0.29, 0.717) is 24.4 Å². The Kier molecular flexibility index (Phi) is 7.70. The summed E-state index contributed by atoms with van der Waals surface area (Å²) in [5.41, 5.74) is 2.08. The summed E-state index contributed by atoms with van der Waals surface area (Å²) < 4.78 is 0. The van der Waals surface area contributed by atoms with Gasteiger partial charge in [0.2, 0.25) is 11.8 Å². The van der Waals surface area contributed by atoms with Crippen molar-refractivity contribution in [2.75, 3.05) is 0 Å². The molecule has 29 heavy (non-hydrogen) atoms. The molecule has 1 fully saturated rings. The second-order valence-corrected chi connectivity index (χ2v) is 8.24. The largest absolute Gasteiger partial charge is 0.352 e. The molecule has 2 amide bonds. The van der Waals surface area contributed by atoms with Gasteiger partial charge in [0.15, 0.2) is 0 Å². The van der Waals surface area contributed by atoms with E-state index in [0.717, 1.165) is 36.8 Å². The van der Waals surface area contributed by atoms with Crippen LogP contribution in [0.5, 0.6) is 0 Å². The molecule has 3 rings (SSSR count). The van der Waals surface area contributed by atoms with E-state index >= 15 is 0 Å². The van der Waals surface area contributed by atoms with Crippen molar-refractivity contribution in [3.05, 3.63) is 70.7 Å². The lowest BCUT2D eigenvalue weighted by Gasteiger charge is -2.30. The number of halogens is 1. The zero-order valence-electron chi connectivity index (χ0n) is 16.9. The van der Waals surface area contributed by atoms with Crippen LogP contribution in [-0.2, 0) is 22.6 Å². The average Bonchev–Trinajstić information content (AvgIpc) is 3.25. The maximum absolute atomic E-state index is 13.1. The molecular weight excluding hydrogens is 384 g/mol. The first-order valence-electron chi connectivity index (χ1n) is 10.4. The summed E-state index contributed by atoms with van der Waals surface area (Å²) in [5, 5.41) is 3.78. The number of carbonyl (C=O) groups excluding carboxylic acids is 2. The third-order valence-electron chi connectivity index (χ3n) is 5.61. The van der Waals surface area contributed by atoms with Crippen LogP contribution in [0.2, 0.25) is 5.02 Å². The third-order valence-corrected chi connectivity index (χ3v) is 5.86. The minimum Gasteiger partial charge on any atom is -0.352 e. The molecule has 1 saturated carbocycles. The summed E-state index contributed by atoms with van der Waals surface area (Å²) in [5.74, 6) is -0.0863. The number of benzene rings is 2. The second-order valence-electron chi connectivity index (χ2n) is 7.80. The van der Waals surface area contributed by atoms with E-state index in [4.69, 9.17) is 11.6 Å². The van der Waals surface area contributed by atoms with Gasteiger partial charge in [-0.3, -0.25) is 9.59 Å². The van der Waals surface area contributed by atoms with Crippen LogP contribution in [0.15, 0.2) is 54.6 Å². The monoisotopic (exact) mass is 412 g/mol. The van der Waals surface area contributed by atoms with E-state index in [1.54, 1.807) is 4.90 Å². The topological polar surface area (TPSA) is 49.4 Å². The number of hydrogen-bond donors (Lipinski definition) is 1. The van der Waals surface area contributed by atoms with Crippen LogP contribution >= 0.6 is 11.6 Å². The van der Waals surface area contributed by atoms with Crippen LogP contribution < -0.4 is 5.32 Å². The minimum atomic E-state index is -0.519. The van der Waals surface area contributed by atoms with Gasteiger partial charge in [-0.15, -0.1) is 0 Å². The number of nitrogens with zero attached hydrogens (tertiary/aromatic N) is 1. The molecule has 1 aliphatic carbocycles. The molecule has 1 atom stereocenters. The summed E-state index contributed by atoms with van der Waals surface area (Å²) in [7, 11) is 0. The predicted molar refractivity (Wildman–Crippen MR) is 117 cm³/mol. The zero-order chi connectivity index (χ0) is 20.6. The highest BCUT2D eigenvalue weighted by molar-refractivity contribution is 6.30. The molecule has 2 aromatic carbocycles. The summed E-state index contributed by atoms with van der Waals surface area (Å²) in [4.78, 5) is 27.6. The summed E-state index contributed by atoms with van der Waals surface area (Å²) >= 11 is 5.99. The van der Waals surface area contributed by atoms with Gasteiger partial charge in [-0.25, -0.2) is 0 Å². The SMILES string of the molecule is CC(C(=O)NC1CCCC1)N(Cc1ccc(Cl)cc1)C(=O)CCc1ccccc1. The van der Waals surface area contributed by atoms with Crippen LogP contribution in [0.25, 0.3) is 0 Å². The molecular formula is C24H29ClN2O2. The van der Waals surface area contributed by atoms with Gasteiger partial charge in [0.1, 0.15) is 6.04 Å². The van der Waals surface area contributed by atoms with Crippen LogP contribution in [0, 0.1) is 0 Å². The molecule has 0 heterocycles. The van der Waals surface area contributed by atoms with Crippen LogP contribution in [0.4, 0.5) is 0 Å². The number of rotatable bonds is 8. The fourth-order valence-electron chi connectivity index (χ4n) is 3.80. The Hall–Kier alpha value is -2.33. The smallest absolute Gasteiger partial charge is 0.242 e. The Morgan fingerprint density at radius 1 is 1.03 bits per heavy atom. The van der Waals surface area contributed by atoms with Gasteiger partial charge in [0.25, 0.3) is 0 Å². The van der Waals surface area contributed by atoms with Gasteiger partial charge in [0, 0.05) is 24.0 Å². The van der Waals surface area contributed by atoms with Gasteiger partial charge >= 0.3 is 0 Å². The minimum absolute atomic E-state index is 0.0159. The number of aryl methyl sites for hydroxylation is 1. The molecule has 4 nitrogen and oxygen atoms in total. The molecule has 0 aliphatic heterocycles. The standard InChI is InChI=1S/C24H29ClN2O2/c1-18(24(29)26-22-9-5-6-10-22)27(17-20-11-14-21(25)15-12-20)23(28)16-13-19-7-3-2-4-8-19/h2-4,7-8,11-12,14-15,18,22H,5-6,9-10,13,16-17H2,1H3,(H,26,29). The van der Waals surface area contributed by atoms with E-state index < -0.39 is 6.04 Å². The maximum Gasteiger partial charge on any atom is 0.242 e. The van der Waals surface area contributed by atoms with Crippen LogP contribution in [0.3, 0.4) is 0 Å². The predicted octanol–water partition coefficient (Wildman–Crippen LogP) is 4.75. The van der Waals surface area contributed by atoms with E-state index in [1.807, 2.05) is 61.5 Å². The Morgan fingerprint density at radius 3 is 2.34 bits per heavy atom. The Balaban J connectivity index is 1.69. The summed E-state index contributed by atoms with van der Waals surface area (Å²) in [6, 6.07) is 17.1. The zero-order valence-corrected chi connectivity index (χ0v) is 17.7. The van der Waals surface area contributed by atoms with Crippen molar-refractivity contribution < 1.29 is 9.59 Å². The summed E-state index contributed by atoms with van der Waals surface area (Å²) in [6.45, 7) is 2.21. The Bertz CT molecular complexity index is 801. The van der Waals surface area contributed by atoms with Gasteiger partial charge in [0.05, 0.1) is 0 Å². The first-order valence-corrected chi connectivity index (χ1v) is 10.8. The quantitative estimate of drug-likeness (QED) is 0.680. The molecule has 0 bridgehead atoms. The van der Waals surface area contributed by atoms with E-state index in [2.05, 4.69) is 5.32 Å². The van der Waals surface area contributed by atoms with Crippen molar-refractivity contribution in [3.63, 3.8) is 0 Å². The highest BCUT2D eigenvalue weighted by Crippen LogP contribution is 2.19. The van der Waals surface area contributed by atoms with Crippen molar-refractivity contribution in [2.24, 2.45) is 0 Å². The number of nitrogens with one attached hydrogen (secondary N) is 1. The number of amides is 2. The normalized spacial score (nSPS) is 15.1. The van der Waals surface area contributed by atoms with Gasteiger partial charge in [-0.05, 0) is 49.4 Å². The lowest BCUT2D eigenvalue weighted by molar-refractivity contribution is -0.140. The van der Waals surface area contributed by atoms with Crippen molar-refractivity contribution in [3.8, 4) is 0 Å². The molecule has 0 spiro atoms. The highest BCUT2D eigenvalue weighted by Gasteiger charge is 2.28. The summed E-state index contributed by atoms with van der Waals surface area (Å²) in [6.07, 6.45) is 5.40. The van der Waals surface area contributed by atoms with E-state index in [9.17, 15) is 9.59 Å². The lowest BCUT2D eigenvalue weighted by atomic mass is 10.1. The molecule has 1 aliphatic rings. The molecule has 1 N–H and O–H groups in total. The fraction of sp³-hybridized carbons (Fsp3) is 0.417. The molecule has 2 aromatic rings. The molecule has 154 valence electrons. The molecule has 0 saturated heterocycles. The average molecular weight is 413 g/mol. The third kappa shape index (κ3) is 6.33. The van der Waals surface area contributed by atoms with Gasteiger partial charge in [-0.2, -0.15) is 0 Å². The highest BCUT2D eigenvalue weighted by atomic mass is 35.5. The van der Waals surface area contributed by atoms with Crippen molar-refractivity contribution >= 4 is 23.4 Å². The van der Waals surface area contributed by atoms with E-state index in [-0.39, 0.29) is 17.9 Å². The van der Waals surface area contributed by atoms with Crippen molar-refractivity contribution in [2.45, 2.75) is 64.1 Å². The molecule has 1 unspecified atom stereocenters. The second kappa shape index (κ2) is 10.4. The molecule has 5 heteroatoms. The lowest BCUT2D eigenvalue weighted by Crippen LogP contribution is -2.49. The Labute approximate surface area is 178 Å². The van der Waals surface area contributed by atoms with Gasteiger partial charge < -0.3 is 10.2 Å².